The van der Waals surface area contributed by atoms with Gasteiger partial charge in [0.15, 0.2) is 0 Å². The maximum absolute atomic E-state index is 12.9. The van der Waals surface area contributed by atoms with Crippen LogP contribution in [-0.4, -0.2) is 21.3 Å². The number of para-hydroxylation sites is 1. The normalized spacial score (nSPS) is 11.5. The van der Waals surface area contributed by atoms with Gasteiger partial charge in [0.05, 0.1) is 21.6 Å². The van der Waals surface area contributed by atoms with Crippen molar-refractivity contribution in [3.05, 3.63) is 67.8 Å². The highest BCUT2D eigenvalue weighted by atomic mass is 19.4. The minimum atomic E-state index is -5.03. The molecule has 1 N–H and O–H groups in total. The van der Waals surface area contributed by atoms with Crippen LogP contribution in [-0.2, 0) is 6.18 Å². The summed E-state index contributed by atoms with van der Waals surface area (Å²) in [6.07, 6.45) is -4.15. The Balaban J connectivity index is 2.71. The predicted molar refractivity (Wildman–Crippen MR) is 80.6 cm³/mol. The van der Waals surface area contributed by atoms with Crippen molar-refractivity contribution in [3.8, 4) is 11.5 Å². The Morgan fingerprint density at radius 2 is 1.62 bits per heavy atom. The number of nitro benzene ring substituents is 2. The zero-order valence-electron chi connectivity index (χ0n) is 12.5. The second-order valence-corrected chi connectivity index (χ2v) is 4.74. The van der Waals surface area contributed by atoms with Gasteiger partial charge in [0.25, 0.3) is 5.75 Å². The third kappa shape index (κ3) is 3.85. The lowest BCUT2D eigenvalue weighted by Gasteiger charge is -2.11. The summed E-state index contributed by atoms with van der Waals surface area (Å²) in [6, 6.07) is 5.78. The molecule has 0 amide bonds. The van der Waals surface area contributed by atoms with Gasteiger partial charge in [0.1, 0.15) is 5.75 Å². The van der Waals surface area contributed by atoms with Crippen LogP contribution in [0.15, 0.2) is 41.6 Å². The lowest BCUT2D eigenvalue weighted by Crippen LogP contribution is -2.08. The smallest absolute Gasteiger partial charge is 0.416 e. The van der Waals surface area contributed by atoms with Crippen molar-refractivity contribution in [3.63, 3.8) is 0 Å². The van der Waals surface area contributed by atoms with Gasteiger partial charge in [0.2, 0.25) is 0 Å². The molecule has 0 aliphatic carbocycles. The topological polar surface area (TPSA) is 128 Å². The predicted octanol–water partition coefficient (Wildman–Crippen LogP) is 4.12. The number of hydrogen-bond acceptors (Lipinski definition) is 7. The molecule has 0 bridgehead atoms. The average molecular weight is 371 g/mol. The SMILES string of the molecule is O=[N+]([O-])c1cc(C(F)(F)F)cc([N+](=O)[O-])c1Oc1ccccc1C=NO. The zero-order chi connectivity index (χ0) is 19.5. The number of nitro groups is 2. The van der Waals surface area contributed by atoms with Crippen LogP contribution < -0.4 is 4.74 Å². The van der Waals surface area contributed by atoms with Crippen molar-refractivity contribution in [2.24, 2.45) is 5.16 Å². The number of ether oxygens (including phenoxy) is 1. The molecular formula is C14H8F3N3O6. The van der Waals surface area contributed by atoms with Gasteiger partial charge in [-0.1, -0.05) is 17.3 Å². The van der Waals surface area contributed by atoms with Crippen LogP contribution in [0.1, 0.15) is 11.1 Å². The average Bonchev–Trinajstić information content (AvgIpc) is 2.55. The van der Waals surface area contributed by atoms with Crippen LogP contribution >= 0.6 is 0 Å². The second-order valence-electron chi connectivity index (χ2n) is 4.74. The molecular weight excluding hydrogens is 363 g/mol. The summed E-state index contributed by atoms with van der Waals surface area (Å²) in [7, 11) is 0. The van der Waals surface area contributed by atoms with E-state index in [9.17, 15) is 33.4 Å². The van der Waals surface area contributed by atoms with Crippen LogP contribution in [0, 0.1) is 20.2 Å². The molecule has 2 aromatic carbocycles. The number of nitrogens with zero attached hydrogens (tertiary/aromatic N) is 3. The zero-order valence-corrected chi connectivity index (χ0v) is 12.5. The molecule has 0 aliphatic rings. The number of benzene rings is 2. The van der Waals surface area contributed by atoms with Crippen molar-refractivity contribution >= 4 is 17.6 Å². The number of halogens is 3. The molecule has 0 saturated heterocycles. The molecule has 0 atom stereocenters. The van der Waals surface area contributed by atoms with E-state index in [4.69, 9.17) is 9.94 Å². The van der Waals surface area contributed by atoms with Crippen molar-refractivity contribution in [1.82, 2.24) is 0 Å². The highest BCUT2D eigenvalue weighted by Gasteiger charge is 2.38. The molecule has 9 nitrogen and oxygen atoms in total. The molecule has 0 unspecified atom stereocenters. The first-order valence-electron chi connectivity index (χ1n) is 6.63. The summed E-state index contributed by atoms with van der Waals surface area (Å²) in [6.45, 7) is 0. The van der Waals surface area contributed by atoms with Crippen molar-refractivity contribution in [2.45, 2.75) is 6.18 Å². The lowest BCUT2D eigenvalue weighted by atomic mass is 10.1. The first-order chi connectivity index (χ1) is 12.1. The summed E-state index contributed by atoms with van der Waals surface area (Å²) in [4.78, 5) is 19.8. The minimum absolute atomic E-state index is 0.0819. The lowest BCUT2D eigenvalue weighted by molar-refractivity contribution is -0.396. The second kappa shape index (κ2) is 7.04. The minimum Gasteiger partial charge on any atom is -0.443 e. The van der Waals surface area contributed by atoms with Gasteiger partial charge in [-0.15, -0.1) is 0 Å². The van der Waals surface area contributed by atoms with Crippen molar-refractivity contribution < 1.29 is 33.0 Å². The molecule has 0 heterocycles. The molecule has 0 aromatic heterocycles. The molecule has 0 radical (unpaired) electrons. The van der Waals surface area contributed by atoms with E-state index in [-0.39, 0.29) is 23.4 Å². The Labute approximate surface area is 142 Å². The van der Waals surface area contributed by atoms with E-state index in [0.29, 0.717) is 0 Å². The number of hydrogen-bond donors (Lipinski definition) is 1. The molecule has 2 rings (SSSR count). The van der Waals surface area contributed by atoms with E-state index in [1.165, 1.54) is 24.3 Å². The third-order valence-electron chi connectivity index (χ3n) is 3.10. The molecule has 0 fully saturated rings. The van der Waals surface area contributed by atoms with Crippen LogP contribution in [0.4, 0.5) is 24.5 Å². The van der Waals surface area contributed by atoms with Gasteiger partial charge >= 0.3 is 17.6 Å². The van der Waals surface area contributed by atoms with Crippen molar-refractivity contribution in [1.29, 1.82) is 0 Å². The Bertz CT molecular complexity index is 863. The van der Waals surface area contributed by atoms with Gasteiger partial charge in [-0.25, -0.2) is 0 Å². The van der Waals surface area contributed by atoms with E-state index in [2.05, 4.69) is 5.16 Å². The van der Waals surface area contributed by atoms with Crippen LogP contribution in [0.25, 0.3) is 0 Å². The van der Waals surface area contributed by atoms with Crippen LogP contribution in [0.5, 0.6) is 11.5 Å². The van der Waals surface area contributed by atoms with Gasteiger partial charge < -0.3 is 9.94 Å². The number of alkyl halides is 3. The largest absolute Gasteiger partial charge is 0.443 e. The fourth-order valence-corrected chi connectivity index (χ4v) is 1.99. The Kier molecular flexibility index (Phi) is 5.05. The molecule has 2 aromatic rings. The highest BCUT2D eigenvalue weighted by Crippen LogP contribution is 2.44. The van der Waals surface area contributed by atoms with Gasteiger partial charge in [-0.05, 0) is 12.1 Å². The standard InChI is InChI=1S/C14H8F3N3O6/c15-14(16,17)9-5-10(19(22)23)13(11(6-9)20(24)25)26-12-4-2-1-3-8(12)7-18-21/h1-7,21H. The maximum Gasteiger partial charge on any atom is 0.416 e. The van der Waals surface area contributed by atoms with Gasteiger partial charge in [0, 0.05) is 17.7 Å². The molecule has 0 spiro atoms. The molecule has 0 aliphatic heterocycles. The van der Waals surface area contributed by atoms with E-state index >= 15 is 0 Å². The highest BCUT2D eigenvalue weighted by molar-refractivity contribution is 5.83. The summed E-state index contributed by atoms with van der Waals surface area (Å²) in [5.74, 6) is -1.18. The van der Waals surface area contributed by atoms with Crippen LogP contribution in [0.2, 0.25) is 0 Å². The van der Waals surface area contributed by atoms with Crippen LogP contribution in [0.3, 0.4) is 0 Å². The molecule has 0 saturated carbocycles. The Morgan fingerprint density at radius 1 is 1.08 bits per heavy atom. The molecule has 26 heavy (non-hydrogen) atoms. The maximum atomic E-state index is 12.9. The van der Waals surface area contributed by atoms with Gasteiger partial charge in [-0.2, -0.15) is 13.2 Å². The van der Waals surface area contributed by atoms with E-state index < -0.39 is 38.7 Å². The summed E-state index contributed by atoms with van der Waals surface area (Å²) in [5, 5.41) is 33.6. The van der Waals surface area contributed by atoms with Gasteiger partial charge in [-0.3, -0.25) is 20.2 Å². The van der Waals surface area contributed by atoms with E-state index in [1.54, 1.807) is 0 Å². The fourth-order valence-electron chi connectivity index (χ4n) is 1.99. The molecule has 12 heteroatoms. The first-order valence-corrected chi connectivity index (χ1v) is 6.63. The Morgan fingerprint density at radius 3 is 2.08 bits per heavy atom. The fraction of sp³-hybridized carbons (Fsp3) is 0.0714. The van der Waals surface area contributed by atoms with E-state index in [1.807, 2.05) is 0 Å². The number of rotatable bonds is 5. The van der Waals surface area contributed by atoms with Crippen molar-refractivity contribution in [2.75, 3.05) is 0 Å². The number of oxime groups is 1. The summed E-state index contributed by atoms with van der Waals surface area (Å²) < 4.78 is 43.8. The molecule has 136 valence electrons. The summed E-state index contributed by atoms with van der Waals surface area (Å²) >= 11 is 0. The van der Waals surface area contributed by atoms with E-state index in [0.717, 1.165) is 6.21 Å². The third-order valence-corrected chi connectivity index (χ3v) is 3.10. The first kappa shape index (κ1) is 18.6. The quantitative estimate of drug-likeness (QED) is 0.364. The summed E-state index contributed by atoms with van der Waals surface area (Å²) in [5.41, 5.74) is -3.95. The Hall–Kier alpha value is -3.70. The monoisotopic (exact) mass is 371 g/mol.